The summed E-state index contributed by atoms with van der Waals surface area (Å²) in [6, 6.07) is 9.80. The van der Waals surface area contributed by atoms with Crippen LogP contribution >= 0.6 is 0 Å². The number of ether oxygens (including phenoxy) is 1. The number of aryl methyl sites for hydroxylation is 1. The lowest BCUT2D eigenvalue weighted by atomic mass is 9.77. The Morgan fingerprint density at radius 3 is 2.60 bits per heavy atom. The van der Waals surface area contributed by atoms with Crippen LogP contribution in [0, 0.1) is 24.2 Å². The van der Waals surface area contributed by atoms with E-state index in [0.717, 1.165) is 30.6 Å². The van der Waals surface area contributed by atoms with E-state index in [2.05, 4.69) is 6.07 Å². The molecule has 0 saturated heterocycles. The van der Waals surface area contributed by atoms with E-state index in [1.165, 1.54) is 0 Å². The van der Waals surface area contributed by atoms with E-state index >= 15 is 0 Å². The molecule has 1 aromatic carbocycles. The molecule has 0 radical (unpaired) electrons. The predicted molar refractivity (Wildman–Crippen MR) is 77.3 cm³/mol. The molecule has 2 rings (SSSR count). The summed E-state index contributed by atoms with van der Waals surface area (Å²) in [6.07, 6.45) is 2.71. The monoisotopic (exact) mass is 271 g/mol. The van der Waals surface area contributed by atoms with Crippen LogP contribution < -0.4 is 0 Å². The fraction of sp³-hybridized carbons (Fsp3) is 0.529. The molecule has 0 N–H and O–H groups in total. The molecule has 1 unspecified atom stereocenters. The second-order valence-corrected chi connectivity index (χ2v) is 5.56. The maximum absolute atomic E-state index is 12.3. The molecule has 3 heteroatoms. The van der Waals surface area contributed by atoms with Gasteiger partial charge in [-0.1, -0.05) is 29.8 Å². The first-order chi connectivity index (χ1) is 9.63. The number of Topliss-reactive ketones (excluding diaryl/α,β-unsaturated/α-hetero) is 1. The van der Waals surface area contributed by atoms with Crippen LogP contribution in [-0.2, 0) is 9.53 Å². The van der Waals surface area contributed by atoms with Crippen LogP contribution in [0.5, 0.6) is 0 Å². The van der Waals surface area contributed by atoms with Crippen molar-refractivity contribution < 1.29 is 9.53 Å². The molecule has 1 aliphatic rings. The van der Waals surface area contributed by atoms with E-state index in [1.807, 2.05) is 38.1 Å². The molecular formula is C17H21NO2. The Kier molecular flexibility index (Phi) is 4.92. The lowest BCUT2D eigenvalue weighted by Gasteiger charge is -2.34. The van der Waals surface area contributed by atoms with Gasteiger partial charge in [-0.3, -0.25) is 4.79 Å². The molecule has 1 atom stereocenters. The fourth-order valence-corrected chi connectivity index (χ4v) is 2.71. The first-order valence-corrected chi connectivity index (χ1v) is 7.24. The highest BCUT2D eigenvalue weighted by atomic mass is 16.5. The summed E-state index contributed by atoms with van der Waals surface area (Å²) in [4.78, 5) is 12.3. The van der Waals surface area contributed by atoms with Gasteiger partial charge >= 0.3 is 0 Å². The van der Waals surface area contributed by atoms with Crippen molar-refractivity contribution in [3.05, 3.63) is 35.4 Å². The number of nitrogens with zero attached hydrogens (tertiary/aromatic N) is 1. The predicted octanol–water partition coefficient (Wildman–Crippen LogP) is 3.38. The molecule has 0 heterocycles. The first-order valence-electron chi connectivity index (χ1n) is 7.24. The highest BCUT2D eigenvalue weighted by molar-refractivity contribution is 5.88. The minimum Gasteiger partial charge on any atom is -0.378 e. The molecule has 1 aliphatic carbocycles. The van der Waals surface area contributed by atoms with Crippen LogP contribution in [0.4, 0.5) is 0 Å². The van der Waals surface area contributed by atoms with E-state index < -0.39 is 5.92 Å². The van der Waals surface area contributed by atoms with E-state index in [4.69, 9.17) is 4.74 Å². The second kappa shape index (κ2) is 6.67. The Morgan fingerprint density at radius 1 is 1.40 bits per heavy atom. The number of benzene rings is 1. The minimum atomic E-state index is -0.623. The van der Waals surface area contributed by atoms with Crippen LogP contribution in [0.2, 0.25) is 0 Å². The molecule has 20 heavy (non-hydrogen) atoms. The normalized spacial score (nSPS) is 22.6. The molecule has 0 aliphatic heterocycles. The number of carbonyl (C=O) groups is 1. The van der Waals surface area contributed by atoms with Crippen LogP contribution in [0.15, 0.2) is 24.3 Å². The summed E-state index contributed by atoms with van der Waals surface area (Å²) >= 11 is 0. The summed E-state index contributed by atoms with van der Waals surface area (Å²) in [6.45, 7) is 4.71. The van der Waals surface area contributed by atoms with Gasteiger partial charge in [-0.15, -0.1) is 0 Å². The second-order valence-electron chi connectivity index (χ2n) is 5.56. The molecule has 106 valence electrons. The van der Waals surface area contributed by atoms with Crippen molar-refractivity contribution in [1.29, 1.82) is 5.26 Å². The van der Waals surface area contributed by atoms with Crippen molar-refractivity contribution in [3.8, 4) is 6.07 Å². The summed E-state index contributed by atoms with van der Waals surface area (Å²) < 4.78 is 5.50. The van der Waals surface area contributed by atoms with Crippen molar-refractivity contribution in [3.63, 3.8) is 0 Å². The molecule has 1 saturated carbocycles. The van der Waals surface area contributed by atoms with E-state index in [1.54, 1.807) is 0 Å². The molecule has 0 aromatic heterocycles. The van der Waals surface area contributed by atoms with Crippen LogP contribution in [0.3, 0.4) is 0 Å². The summed E-state index contributed by atoms with van der Waals surface area (Å²) in [5.41, 5.74) is 1.94. The Hall–Kier alpha value is -1.66. The lowest BCUT2D eigenvalue weighted by Crippen LogP contribution is -2.33. The maximum atomic E-state index is 12.3. The number of ketones is 1. The number of rotatable bonds is 6. The van der Waals surface area contributed by atoms with Gasteiger partial charge in [0.15, 0.2) is 5.78 Å². The summed E-state index contributed by atoms with van der Waals surface area (Å²) in [7, 11) is 0. The van der Waals surface area contributed by atoms with Crippen molar-refractivity contribution in [1.82, 2.24) is 0 Å². The van der Waals surface area contributed by atoms with Crippen LogP contribution in [0.1, 0.15) is 43.2 Å². The number of nitriles is 1. The van der Waals surface area contributed by atoms with Gasteiger partial charge < -0.3 is 4.74 Å². The van der Waals surface area contributed by atoms with Crippen molar-refractivity contribution in [2.45, 2.75) is 45.1 Å². The van der Waals surface area contributed by atoms with Crippen molar-refractivity contribution >= 4 is 5.78 Å². The third-order valence-electron chi connectivity index (χ3n) is 3.95. The zero-order valence-corrected chi connectivity index (χ0v) is 12.1. The largest absolute Gasteiger partial charge is 0.378 e. The third kappa shape index (κ3) is 3.46. The smallest absolute Gasteiger partial charge is 0.154 e. The Bertz CT molecular complexity index is 495. The summed E-state index contributed by atoms with van der Waals surface area (Å²) in [5.74, 6) is -0.196. The molecule has 0 amide bonds. The molecular weight excluding hydrogens is 250 g/mol. The fourth-order valence-electron chi connectivity index (χ4n) is 2.71. The van der Waals surface area contributed by atoms with Crippen LogP contribution in [0.25, 0.3) is 0 Å². The molecule has 1 aromatic rings. The van der Waals surface area contributed by atoms with Gasteiger partial charge in [-0.2, -0.15) is 5.26 Å². The van der Waals surface area contributed by atoms with E-state index in [0.29, 0.717) is 18.4 Å². The first kappa shape index (κ1) is 14.7. The van der Waals surface area contributed by atoms with Crippen molar-refractivity contribution in [2.24, 2.45) is 5.92 Å². The molecule has 1 fully saturated rings. The van der Waals surface area contributed by atoms with Crippen LogP contribution in [-0.4, -0.2) is 18.5 Å². The molecule has 0 spiro atoms. The Balaban J connectivity index is 1.91. The molecule has 3 nitrogen and oxygen atoms in total. The summed E-state index contributed by atoms with van der Waals surface area (Å²) in [5, 5.41) is 9.26. The van der Waals surface area contributed by atoms with E-state index in [9.17, 15) is 10.1 Å². The van der Waals surface area contributed by atoms with Gasteiger partial charge in [0, 0.05) is 13.0 Å². The highest BCUT2D eigenvalue weighted by Gasteiger charge is 2.33. The average Bonchev–Trinajstić information content (AvgIpc) is 2.39. The molecule has 0 bridgehead atoms. The quantitative estimate of drug-likeness (QED) is 0.797. The number of carbonyl (C=O) groups excluding carboxylic acids is 1. The lowest BCUT2D eigenvalue weighted by molar-refractivity contribution is -0.122. The third-order valence-corrected chi connectivity index (χ3v) is 3.95. The van der Waals surface area contributed by atoms with Gasteiger partial charge in [-0.25, -0.2) is 0 Å². The standard InChI is InChI=1S/C17H21NO2/c1-3-20-15-8-13(9-15)10-17(19)16(11-18)14-6-4-12(2)5-7-14/h4-7,13,15-16H,3,8-10H2,1-2H3. The zero-order valence-electron chi connectivity index (χ0n) is 12.1. The van der Waals surface area contributed by atoms with Gasteiger partial charge in [0.05, 0.1) is 12.2 Å². The SMILES string of the molecule is CCOC1CC(CC(=O)C(C#N)c2ccc(C)cc2)C1. The maximum Gasteiger partial charge on any atom is 0.154 e. The topological polar surface area (TPSA) is 50.1 Å². The Labute approximate surface area is 120 Å². The van der Waals surface area contributed by atoms with Gasteiger partial charge in [0.1, 0.15) is 5.92 Å². The Morgan fingerprint density at radius 2 is 2.05 bits per heavy atom. The zero-order chi connectivity index (χ0) is 14.5. The van der Waals surface area contributed by atoms with E-state index in [-0.39, 0.29) is 5.78 Å². The van der Waals surface area contributed by atoms with Gasteiger partial charge in [0.2, 0.25) is 0 Å². The minimum absolute atomic E-state index is 0.0382. The van der Waals surface area contributed by atoms with Gasteiger partial charge in [-0.05, 0) is 38.2 Å². The van der Waals surface area contributed by atoms with Gasteiger partial charge in [0.25, 0.3) is 0 Å². The highest BCUT2D eigenvalue weighted by Crippen LogP contribution is 2.34. The average molecular weight is 271 g/mol. The van der Waals surface area contributed by atoms with Crippen molar-refractivity contribution in [2.75, 3.05) is 6.61 Å². The number of hydrogen-bond acceptors (Lipinski definition) is 3. The number of hydrogen-bond donors (Lipinski definition) is 0.